The molecule has 0 bridgehead atoms. The van der Waals surface area contributed by atoms with Crippen LogP contribution in [0.1, 0.15) is 30.9 Å². The highest BCUT2D eigenvalue weighted by Gasteiger charge is 2.24. The van der Waals surface area contributed by atoms with Gasteiger partial charge < -0.3 is 4.74 Å². The molecular formula is C12H13NO. The van der Waals surface area contributed by atoms with E-state index < -0.39 is 0 Å². The van der Waals surface area contributed by atoms with Crippen LogP contribution in [0.3, 0.4) is 0 Å². The average molecular weight is 187 g/mol. The van der Waals surface area contributed by atoms with Crippen LogP contribution < -0.4 is 4.74 Å². The van der Waals surface area contributed by atoms with Gasteiger partial charge in [-0.1, -0.05) is 13.0 Å². The molecule has 0 spiro atoms. The fourth-order valence-corrected chi connectivity index (χ4v) is 1.35. The summed E-state index contributed by atoms with van der Waals surface area (Å²) in [5, 5.41) is 8.94. The Morgan fingerprint density at radius 3 is 2.86 bits per heavy atom. The Morgan fingerprint density at radius 2 is 2.29 bits per heavy atom. The average Bonchev–Trinajstić information content (AvgIpc) is 3.02. The second-order valence-corrected chi connectivity index (χ2v) is 3.61. The quantitative estimate of drug-likeness (QED) is 0.728. The van der Waals surface area contributed by atoms with Gasteiger partial charge in [0.15, 0.2) is 0 Å². The molecule has 0 saturated heterocycles. The lowest BCUT2D eigenvalue weighted by Gasteiger charge is -2.07. The van der Waals surface area contributed by atoms with Crippen LogP contribution in [0.5, 0.6) is 5.75 Å². The molecule has 0 amide bonds. The highest BCUT2D eigenvalue weighted by Crippen LogP contribution is 2.29. The lowest BCUT2D eigenvalue weighted by Crippen LogP contribution is -1.98. The third-order valence-corrected chi connectivity index (χ3v) is 2.39. The van der Waals surface area contributed by atoms with Crippen molar-refractivity contribution in [3.63, 3.8) is 0 Å². The van der Waals surface area contributed by atoms with E-state index in [0.29, 0.717) is 11.7 Å². The molecule has 1 aliphatic rings. The first-order valence-corrected chi connectivity index (χ1v) is 5.03. The highest BCUT2D eigenvalue weighted by atomic mass is 16.5. The minimum absolute atomic E-state index is 0.356. The number of hydrogen-bond donors (Lipinski definition) is 0. The third kappa shape index (κ3) is 1.88. The molecule has 1 saturated carbocycles. The lowest BCUT2D eigenvalue weighted by atomic mass is 10.1. The summed E-state index contributed by atoms with van der Waals surface area (Å²) in [7, 11) is 0. The van der Waals surface area contributed by atoms with Crippen molar-refractivity contribution >= 4 is 0 Å². The molecule has 0 N–H and O–H groups in total. The van der Waals surface area contributed by atoms with Gasteiger partial charge in [-0.2, -0.15) is 5.26 Å². The van der Waals surface area contributed by atoms with Gasteiger partial charge in [-0.25, -0.2) is 0 Å². The van der Waals surface area contributed by atoms with Crippen molar-refractivity contribution < 1.29 is 4.74 Å². The van der Waals surface area contributed by atoms with Gasteiger partial charge in [0.05, 0.1) is 11.7 Å². The summed E-state index contributed by atoms with van der Waals surface area (Å²) in [4.78, 5) is 0. The predicted molar refractivity (Wildman–Crippen MR) is 54.2 cm³/mol. The van der Waals surface area contributed by atoms with Crippen LogP contribution in [-0.4, -0.2) is 6.10 Å². The zero-order chi connectivity index (χ0) is 9.97. The molecule has 0 aromatic heterocycles. The zero-order valence-electron chi connectivity index (χ0n) is 8.29. The van der Waals surface area contributed by atoms with Crippen molar-refractivity contribution in [2.75, 3.05) is 0 Å². The molecule has 72 valence electrons. The summed E-state index contributed by atoms with van der Waals surface area (Å²) in [6.45, 7) is 2.08. The van der Waals surface area contributed by atoms with E-state index in [4.69, 9.17) is 10.00 Å². The number of rotatable bonds is 3. The number of nitrogens with zero attached hydrogens (tertiary/aromatic N) is 1. The molecule has 0 aliphatic heterocycles. The number of hydrogen-bond acceptors (Lipinski definition) is 2. The van der Waals surface area contributed by atoms with Gasteiger partial charge in [0, 0.05) is 0 Å². The predicted octanol–water partition coefficient (Wildman–Crippen LogP) is 2.66. The topological polar surface area (TPSA) is 33.0 Å². The summed E-state index contributed by atoms with van der Waals surface area (Å²) in [6, 6.07) is 8.03. The molecular weight excluding hydrogens is 174 g/mol. The monoisotopic (exact) mass is 187 g/mol. The summed E-state index contributed by atoms with van der Waals surface area (Å²) >= 11 is 0. The van der Waals surface area contributed by atoms with Crippen LogP contribution in [0.2, 0.25) is 0 Å². The van der Waals surface area contributed by atoms with Crippen molar-refractivity contribution in [2.24, 2.45) is 0 Å². The van der Waals surface area contributed by atoms with Gasteiger partial charge in [-0.15, -0.1) is 0 Å². The van der Waals surface area contributed by atoms with Crippen LogP contribution in [0.15, 0.2) is 18.2 Å². The normalized spacial score (nSPS) is 14.9. The first kappa shape index (κ1) is 9.08. The van der Waals surface area contributed by atoms with Gasteiger partial charge >= 0.3 is 0 Å². The number of ether oxygens (including phenoxy) is 1. The molecule has 0 radical (unpaired) electrons. The summed E-state index contributed by atoms with van der Waals surface area (Å²) in [5.74, 6) is 0.743. The maximum absolute atomic E-state index is 8.94. The molecule has 2 heteroatoms. The van der Waals surface area contributed by atoms with Crippen LogP contribution in [0, 0.1) is 11.3 Å². The van der Waals surface area contributed by atoms with E-state index in [1.54, 1.807) is 0 Å². The van der Waals surface area contributed by atoms with Crippen molar-refractivity contribution in [3.8, 4) is 11.8 Å². The van der Waals surface area contributed by atoms with Crippen molar-refractivity contribution in [1.82, 2.24) is 0 Å². The van der Waals surface area contributed by atoms with Gasteiger partial charge in [0.1, 0.15) is 11.8 Å². The highest BCUT2D eigenvalue weighted by molar-refractivity contribution is 5.45. The first-order valence-electron chi connectivity index (χ1n) is 5.03. The largest absolute Gasteiger partial charge is 0.489 e. The van der Waals surface area contributed by atoms with Gasteiger partial charge in [-0.3, -0.25) is 0 Å². The Hall–Kier alpha value is -1.49. The fourth-order valence-electron chi connectivity index (χ4n) is 1.35. The summed E-state index contributed by atoms with van der Waals surface area (Å²) in [5.41, 5.74) is 1.85. The maximum Gasteiger partial charge on any atom is 0.137 e. The van der Waals surface area contributed by atoms with E-state index in [-0.39, 0.29) is 0 Å². The van der Waals surface area contributed by atoms with E-state index in [0.717, 1.165) is 25.0 Å². The zero-order valence-corrected chi connectivity index (χ0v) is 8.29. The third-order valence-electron chi connectivity index (χ3n) is 2.39. The van der Waals surface area contributed by atoms with E-state index >= 15 is 0 Å². The van der Waals surface area contributed by atoms with Crippen LogP contribution in [0.4, 0.5) is 0 Å². The number of nitriles is 1. The molecule has 1 fully saturated rings. The lowest BCUT2D eigenvalue weighted by molar-refractivity contribution is 0.302. The maximum atomic E-state index is 8.94. The molecule has 0 atom stereocenters. The molecule has 0 heterocycles. The van der Waals surface area contributed by atoms with Crippen LogP contribution >= 0.6 is 0 Å². The van der Waals surface area contributed by atoms with Gasteiger partial charge in [0.2, 0.25) is 0 Å². The smallest absolute Gasteiger partial charge is 0.137 e. The molecule has 14 heavy (non-hydrogen) atoms. The molecule has 0 unspecified atom stereocenters. The Labute approximate surface area is 84.1 Å². The minimum Gasteiger partial charge on any atom is -0.489 e. The number of benzene rings is 1. The summed E-state index contributed by atoms with van der Waals surface area (Å²) in [6.07, 6.45) is 3.56. The van der Waals surface area contributed by atoms with E-state index in [1.165, 1.54) is 5.56 Å². The minimum atomic E-state index is 0.356. The van der Waals surface area contributed by atoms with Crippen LogP contribution in [-0.2, 0) is 6.42 Å². The molecule has 1 aromatic rings. The molecule has 1 aliphatic carbocycles. The molecule has 2 rings (SSSR count). The fraction of sp³-hybridized carbons (Fsp3) is 0.417. The Morgan fingerprint density at radius 1 is 1.50 bits per heavy atom. The van der Waals surface area contributed by atoms with Gasteiger partial charge in [-0.05, 0) is 37.0 Å². The molecule has 1 aromatic carbocycles. The molecule has 2 nitrogen and oxygen atoms in total. The van der Waals surface area contributed by atoms with E-state index in [2.05, 4.69) is 13.0 Å². The van der Waals surface area contributed by atoms with Crippen molar-refractivity contribution in [2.45, 2.75) is 32.3 Å². The van der Waals surface area contributed by atoms with E-state index in [9.17, 15) is 0 Å². The Balaban J connectivity index is 2.25. The SMILES string of the molecule is CCc1ccc(OC2CC2)c(C#N)c1. The van der Waals surface area contributed by atoms with Crippen molar-refractivity contribution in [3.05, 3.63) is 29.3 Å². The Bertz CT molecular complexity index is 374. The number of aryl methyl sites for hydroxylation is 1. The van der Waals surface area contributed by atoms with Crippen molar-refractivity contribution in [1.29, 1.82) is 5.26 Å². The van der Waals surface area contributed by atoms with Gasteiger partial charge in [0.25, 0.3) is 0 Å². The Kier molecular flexibility index (Phi) is 2.41. The second kappa shape index (κ2) is 3.71. The standard InChI is InChI=1S/C12H13NO/c1-2-9-3-6-12(10(7-9)8-13)14-11-4-5-11/h3,6-7,11H,2,4-5H2,1H3. The summed E-state index contributed by atoms with van der Waals surface area (Å²) < 4.78 is 5.62. The second-order valence-electron chi connectivity index (χ2n) is 3.61. The van der Waals surface area contributed by atoms with E-state index in [1.807, 2.05) is 18.2 Å². The first-order chi connectivity index (χ1) is 6.83. The van der Waals surface area contributed by atoms with Crippen LogP contribution in [0.25, 0.3) is 0 Å².